The van der Waals surface area contributed by atoms with Crippen molar-refractivity contribution in [3.05, 3.63) is 82.8 Å². The molecule has 0 saturated carbocycles. The lowest BCUT2D eigenvalue weighted by Crippen LogP contribution is -2.23. The Morgan fingerprint density at radius 1 is 1.13 bits per heavy atom. The molecule has 4 rings (SSSR count). The third-order valence-electron chi connectivity index (χ3n) is 4.60. The molecule has 3 heterocycles. The Morgan fingerprint density at radius 3 is 2.87 bits per heavy atom. The second kappa shape index (κ2) is 8.52. The molecular weight excluding hydrogens is 380 g/mol. The van der Waals surface area contributed by atoms with E-state index >= 15 is 0 Å². The Hall–Kier alpha value is -4.07. The highest BCUT2D eigenvalue weighted by molar-refractivity contribution is 5.91. The number of pyridine rings is 1. The van der Waals surface area contributed by atoms with Crippen LogP contribution >= 0.6 is 0 Å². The van der Waals surface area contributed by atoms with Crippen LogP contribution in [0.5, 0.6) is 0 Å². The molecule has 0 saturated heterocycles. The van der Waals surface area contributed by atoms with Crippen LogP contribution in [-0.4, -0.2) is 30.2 Å². The lowest BCUT2D eigenvalue weighted by molar-refractivity contribution is -0.116. The predicted molar refractivity (Wildman–Crippen MR) is 116 cm³/mol. The summed E-state index contributed by atoms with van der Waals surface area (Å²) in [4.78, 5) is 33.3. The van der Waals surface area contributed by atoms with Crippen molar-refractivity contribution < 1.29 is 4.79 Å². The molecule has 3 aromatic heterocycles. The van der Waals surface area contributed by atoms with Crippen LogP contribution in [0, 0.1) is 0 Å². The van der Waals surface area contributed by atoms with Gasteiger partial charge in [0, 0.05) is 31.9 Å². The number of nitrogens with zero attached hydrogens (tertiary/aromatic N) is 5. The summed E-state index contributed by atoms with van der Waals surface area (Å²) in [6, 6.07) is 13.2. The van der Waals surface area contributed by atoms with E-state index < -0.39 is 0 Å². The van der Waals surface area contributed by atoms with Gasteiger partial charge < -0.3 is 5.32 Å². The van der Waals surface area contributed by atoms with Gasteiger partial charge in [0.1, 0.15) is 5.39 Å². The second-order valence-corrected chi connectivity index (χ2v) is 6.76. The third kappa shape index (κ3) is 4.33. The number of carbonyl (C=O) groups excluding carboxylic acids is 1. The van der Waals surface area contributed by atoms with E-state index in [0.29, 0.717) is 16.7 Å². The van der Waals surface area contributed by atoms with Crippen molar-refractivity contribution in [2.45, 2.75) is 13.0 Å². The fourth-order valence-electron chi connectivity index (χ4n) is 3.05. The fraction of sp³-hybridized carbons (Fsp3) is 0.136. The van der Waals surface area contributed by atoms with Crippen LogP contribution in [0.4, 0.5) is 5.69 Å². The molecule has 0 fully saturated rings. The average Bonchev–Trinajstić information content (AvgIpc) is 3.14. The molecular formula is C22H20N6O2. The zero-order valence-electron chi connectivity index (χ0n) is 16.4. The summed E-state index contributed by atoms with van der Waals surface area (Å²) in [5.41, 5.74) is 2.81. The van der Waals surface area contributed by atoms with Gasteiger partial charge in [0.25, 0.3) is 5.56 Å². The summed E-state index contributed by atoms with van der Waals surface area (Å²) in [5, 5.41) is 7.35. The van der Waals surface area contributed by atoms with Gasteiger partial charge in [-0.05, 0) is 35.9 Å². The lowest BCUT2D eigenvalue weighted by atomic mass is 10.1. The molecule has 8 heteroatoms. The summed E-state index contributed by atoms with van der Waals surface area (Å²) in [7, 11) is 1.73. The van der Waals surface area contributed by atoms with Gasteiger partial charge in [-0.2, -0.15) is 5.10 Å². The number of fused-ring (bicyclic) bond motifs is 1. The Bertz CT molecular complexity index is 1270. The largest absolute Gasteiger partial charge is 0.326 e. The Kier molecular flexibility index (Phi) is 5.47. The van der Waals surface area contributed by atoms with E-state index in [1.807, 2.05) is 54.6 Å². The SMILES string of the molecule is Cn1ncc2c(=O)n(CCC(=O)Nc3cccc(/C=C/c4ccccn4)c3)cnc21. The van der Waals surface area contributed by atoms with Crippen LogP contribution in [0.3, 0.4) is 0 Å². The number of aryl methyl sites for hydroxylation is 2. The number of rotatable bonds is 6. The molecule has 0 atom stereocenters. The number of hydrogen-bond donors (Lipinski definition) is 1. The summed E-state index contributed by atoms with van der Waals surface area (Å²) in [5.74, 6) is -0.181. The standard InChI is InChI=1S/C22H20N6O2/c1-27-21-19(14-25-27)22(30)28(15-24-21)12-10-20(29)26-18-7-4-5-16(13-18)8-9-17-6-2-3-11-23-17/h2-9,11,13-15H,10,12H2,1H3,(H,26,29)/b9-8+. The van der Waals surface area contributed by atoms with E-state index in [-0.39, 0.29) is 24.4 Å². The van der Waals surface area contributed by atoms with Crippen LogP contribution in [0.1, 0.15) is 17.7 Å². The number of aromatic nitrogens is 5. The minimum atomic E-state index is -0.206. The number of benzene rings is 1. The van der Waals surface area contributed by atoms with Gasteiger partial charge in [0.05, 0.1) is 18.2 Å². The zero-order chi connectivity index (χ0) is 20.9. The molecule has 4 aromatic rings. The lowest BCUT2D eigenvalue weighted by Gasteiger charge is -2.08. The second-order valence-electron chi connectivity index (χ2n) is 6.76. The van der Waals surface area contributed by atoms with Crippen molar-refractivity contribution in [3.8, 4) is 0 Å². The molecule has 0 aliphatic heterocycles. The third-order valence-corrected chi connectivity index (χ3v) is 4.60. The van der Waals surface area contributed by atoms with Gasteiger partial charge in [0.15, 0.2) is 5.65 Å². The summed E-state index contributed by atoms with van der Waals surface area (Å²) >= 11 is 0. The van der Waals surface area contributed by atoms with E-state index in [1.54, 1.807) is 17.9 Å². The first kappa shape index (κ1) is 19.3. The van der Waals surface area contributed by atoms with Gasteiger partial charge in [-0.25, -0.2) is 4.98 Å². The van der Waals surface area contributed by atoms with Crippen LogP contribution in [-0.2, 0) is 18.4 Å². The topological polar surface area (TPSA) is 94.7 Å². The smallest absolute Gasteiger partial charge is 0.264 e. The molecule has 0 aliphatic rings. The molecule has 150 valence electrons. The van der Waals surface area contributed by atoms with Crippen LogP contribution in [0.15, 0.2) is 66.0 Å². The highest BCUT2D eigenvalue weighted by Gasteiger charge is 2.09. The number of nitrogens with one attached hydrogen (secondary N) is 1. The molecule has 0 unspecified atom stereocenters. The van der Waals surface area contributed by atoms with Crippen molar-refractivity contribution in [1.29, 1.82) is 0 Å². The Balaban J connectivity index is 1.39. The van der Waals surface area contributed by atoms with E-state index in [0.717, 1.165) is 11.3 Å². The molecule has 1 aromatic carbocycles. The molecule has 0 bridgehead atoms. The molecule has 1 amide bonds. The highest BCUT2D eigenvalue weighted by atomic mass is 16.2. The van der Waals surface area contributed by atoms with Crippen LogP contribution in [0.25, 0.3) is 23.2 Å². The van der Waals surface area contributed by atoms with Gasteiger partial charge in [-0.15, -0.1) is 0 Å². The van der Waals surface area contributed by atoms with Crippen LogP contribution in [0.2, 0.25) is 0 Å². The molecule has 0 aliphatic carbocycles. The summed E-state index contributed by atoms with van der Waals surface area (Å²) in [6.45, 7) is 0.238. The Labute approximate surface area is 172 Å². The van der Waals surface area contributed by atoms with Gasteiger partial charge >= 0.3 is 0 Å². The van der Waals surface area contributed by atoms with Gasteiger partial charge in [-0.1, -0.05) is 24.3 Å². The first-order valence-corrected chi connectivity index (χ1v) is 9.46. The number of anilines is 1. The minimum absolute atomic E-state index is 0.154. The van der Waals surface area contributed by atoms with E-state index in [4.69, 9.17) is 0 Å². The highest BCUT2D eigenvalue weighted by Crippen LogP contribution is 2.14. The monoisotopic (exact) mass is 400 g/mol. The first-order valence-electron chi connectivity index (χ1n) is 9.46. The van der Waals surface area contributed by atoms with Crippen molar-refractivity contribution in [2.75, 3.05) is 5.32 Å². The minimum Gasteiger partial charge on any atom is -0.326 e. The molecule has 30 heavy (non-hydrogen) atoms. The molecule has 0 spiro atoms. The zero-order valence-corrected chi connectivity index (χ0v) is 16.4. The number of hydrogen-bond acceptors (Lipinski definition) is 5. The predicted octanol–water partition coefficient (Wildman–Crippen LogP) is 2.72. The van der Waals surface area contributed by atoms with E-state index in [9.17, 15) is 9.59 Å². The number of amides is 1. The van der Waals surface area contributed by atoms with Crippen molar-refractivity contribution in [3.63, 3.8) is 0 Å². The summed E-state index contributed by atoms with van der Waals surface area (Å²) in [6.07, 6.45) is 8.68. The maximum atomic E-state index is 12.5. The normalized spacial score (nSPS) is 11.2. The molecule has 0 radical (unpaired) electrons. The van der Waals surface area contributed by atoms with Crippen molar-refractivity contribution >= 4 is 34.8 Å². The summed E-state index contributed by atoms with van der Waals surface area (Å²) < 4.78 is 2.97. The van der Waals surface area contributed by atoms with E-state index in [2.05, 4.69) is 20.4 Å². The quantitative estimate of drug-likeness (QED) is 0.537. The van der Waals surface area contributed by atoms with Crippen molar-refractivity contribution in [2.24, 2.45) is 7.05 Å². The van der Waals surface area contributed by atoms with E-state index in [1.165, 1.54) is 17.1 Å². The molecule has 8 nitrogen and oxygen atoms in total. The molecule has 1 N–H and O–H groups in total. The van der Waals surface area contributed by atoms with Crippen LogP contribution < -0.4 is 10.9 Å². The Morgan fingerprint density at radius 2 is 2.03 bits per heavy atom. The van der Waals surface area contributed by atoms with Gasteiger partial charge in [0.2, 0.25) is 5.91 Å². The number of carbonyl (C=O) groups is 1. The van der Waals surface area contributed by atoms with Gasteiger partial charge in [-0.3, -0.25) is 23.8 Å². The average molecular weight is 400 g/mol. The first-order chi connectivity index (χ1) is 14.6. The van der Waals surface area contributed by atoms with Crippen molar-refractivity contribution in [1.82, 2.24) is 24.3 Å². The maximum Gasteiger partial charge on any atom is 0.264 e. The fourth-order valence-corrected chi connectivity index (χ4v) is 3.05. The maximum absolute atomic E-state index is 12.5.